The summed E-state index contributed by atoms with van der Waals surface area (Å²) < 4.78 is 2.27. The number of nitrogens with one attached hydrogen (secondary N) is 1. The minimum Gasteiger partial charge on any atom is -0.388 e. The number of unbranched alkanes of at least 4 members (excludes halogenated alkanes) is 1. The number of rotatable bonds is 8. The van der Waals surface area contributed by atoms with E-state index in [0.717, 1.165) is 31.6 Å². The summed E-state index contributed by atoms with van der Waals surface area (Å²) in [6.07, 6.45) is 13.3. The molecule has 2 heterocycles. The summed E-state index contributed by atoms with van der Waals surface area (Å²) in [6, 6.07) is 10.3. The number of benzene rings is 1. The monoisotopic (exact) mass is 378 g/mol. The highest BCUT2D eigenvalue weighted by molar-refractivity contribution is 5.97. The van der Waals surface area contributed by atoms with E-state index in [0.29, 0.717) is 5.84 Å². The number of hydrogen-bond donors (Lipinski definition) is 2. The Morgan fingerprint density at radius 2 is 2.07 bits per heavy atom. The molecule has 0 saturated carbocycles. The lowest BCUT2D eigenvalue weighted by molar-refractivity contribution is 0.0230. The Bertz CT molecular complexity index is 934. The molecule has 0 atom stereocenters. The standard InChI is InChI=1S/C23H30N4O/c1-3-5-6-7-8-22-19(4-2)13-14-27(22)17-18-9-11-20(12-10-18)23(24)26-28-21-15-25-16-21/h4,6-14,21,25H,3,5,15-17H2,1-2H3,(H2,24,26)/b7-6-,19-4-,22-8+. The van der Waals surface area contributed by atoms with E-state index >= 15 is 0 Å². The van der Waals surface area contributed by atoms with Gasteiger partial charge in [-0.15, -0.1) is 0 Å². The van der Waals surface area contributed by atoms with Gasteiger partial charge in [-0.2, -0.15) is 0 Å². The van der Waals surface area contributed by atoms with Crippen LogP contribution in [-0.4, -0.2) is 29.6 Å². The summed E-state index contributed by atoms with van der Waals surface area (Å²) in [7, 11) is 0. The lowest BCUT2D eigenvalue weighted by Crippen LogP contribution is -2.47. The number of aromatic nitrogens is 1. The molecule has 1 aliphatic heterocycles. The lowest BCUT2D eigenvalue weighted by atomic mass is 10.1. The van der Waals surface area contributed by atoms with Gasteiger partial charge in [-0.3, -0.25) is 0 Å². The topological polar surface area (TPSA) is 64.6 Å². The Labute approximate surface area is 166 Å². The van der Waals surface area contributed by atoms with Crippen molar-refractivity contribution in [1.82, 2.24) is 9.88 Å². The van der Waals surface area contributed by atoms with Crippen LogP contribution in [0.3, 0.4) is 0 Å². The molecule has 0 spiro atoms. The van der Waals surface area contributed by atoms with Gasteiger partial charge in [-0.25, -0.2) is 0 Å². The van der Waals surface area contributed by atoms with E-state index in [4.69, 9.17) is 10.6 Å². The van der Waals surface area contributed by atoms with E-state index < -0.39 is 0 Å². The summed E-state index contributed by atoms with van der Waals surface area (Å²) in [5.74, 6) is 0.414. The van der Waals surface area contributed by atoms with Crippen molar-refractivity contribution in [3.63, 3.8) is 0 Å². The highest BCUT2D eigenvalue weighted by atomic mass is 16.6. The maximum atomic E-state index is 6.03. The van der Waals surface area contributed by atoms with Crippen molar-refractivity contribution in [3.8, 4) is 0 Å². The van der Waals surface area contributed by atoms with Gasteiger partial charge in [0.1, 0.15) is 0 Å². The van der Waals surface area contributed by atoms with Gasteiger partial charge in [0.05, 0.1) is 0 Å². The maximum absolute atomic E-state index is 6.03. The highest BCUT2D eigenvalue weighted by Crippen LogP contribution is 2.07. The van der Waals surface area contributed by atoms with E-state index in [1.54, 1.807) is 0 Å². The number of amidine groups is 1. The molecule has 0 radical (unpaired) electrons. The van der Waals surface area contributed by atoms with Crippen molar-refractivity contribution >= 4 is 18.0 Å². The SMILES string of the molecule is C/C=c1/ccn(Cc2ccc(/C(N)=N/OC3CNC3)cc2)/c1=C/C=C\CCC. The largest absolute Gasteiger partial charge is 0.388 e. The van der Waals surface area contributed by atoms with Crippen molar-refractivity contribution in [2.45, 2.75) is 39.3 Å². The van der Waals surface area contributed by atoms with E-state index in [2.05, 4.69) is 77.6 Å². The van der Waals surface area contributed by atoms with Crippen LogP contribution >= 0.6 is 0 Å². The molecule has 1 aromatic heterocycles. The summed E-state index contributed by atoms with van der Waals surface area (Å²) in [6.45, 7) is 6.73. The van der Waals surface area contributed by atoms with Crippen LogP contribution in [0.4, 0.5) is 0 Å². The number of nitrogens with zero attached hydrogens (tertiary/aromatic N) is 2. The molecule has 5 heteroatoms. The van der Waals surface area contributed by atoms with Gasteiger partial charge in [0.2, 0.25) is 0 Å². The average molecular weight is 379 g/mol. The van der Waals surface area contributed by atoms with E-state index in [-0.39, 0.29) is 6.10 Å². The van der Waals surface area contributed by atoms with Crippen molar-refractivity contribution in [3.05, 3.63) is 70.4 Å². The first-order valence-electron chi connectivity index (χ1n) is 9.99. The first kappa shape index (κ1) is 20.0. The minimum absolute atomic E-state index is 0.136. The molecule has 3 N–H and O–H groups in total. The van der Waals surface area contributed by atoms with Crippen LogP contribution in [-0.2, 0) is 11.4 Å². The number of allylic oxidation sites excluding steroid dienone is 2. The molecule has 0 unspecified atom stereocenters. The van der Waals surface area contributed by atoms with E-state index in [9.17, 15) is 0 Å². The van der Waals surface area contributed by atoms with Crippen molar-refractivity contribution in [1.29, 1.82) is 0 Å². The number of nitrogens with two attached hydrogens (primary N) is 1. The molecule has 0 aliphatic carbocycles. The molecule has 1 aromatic carbocycles. The molecule has 3 rings (SSSR count). The second kappa shape index (κ2) is 9.95. The molecule has 1 fully saturated rings. The van der Waals surface area contributed by atoms with E-state index in [1.165, 1.54) is 22.6 Å². The van der Waals surface area contributed by atoms with Gasteiger partial charge in [0.25, 0.3) is 0 Å². The van der Waals surface area contributed by atoms with Gasteiger partial charge in [0, 0.05) is 36.7 Å². The fourth-order valence-corrected chi connectivity index (χ4v) is 3.00. The van der Waals surface area contributed by atoms with Gasteiger partial charge >= 0.3 is 0 Å². The smallest absolute Gasteiger partial charge is 0.170 e. The lowest BCUT2D eigenvalue weighted by Gasteiger charge is -2.24. The Hall–Kier alpha value is -2.79. The number of hydrogen-bond acceptors (Lipinski definition) is 3. The van der Waals surface area contributed by atoms with Crippen molar-refractivity contribution < 1.29 is 4.84 Å². The van der Waals surface area contributed by atoms with Crippen molar-refractivity contribution in [2.75, 3.05) is 13.1 Å². The van der Waals surface area contributed by atoms with Crippen LogP contribution in [0.25, 0.3) is 12.2 Å². The van der Waals surface area contributed by atoms with Gasteiger partial charge in [0.15, 0.2) is 11.9 Å². The van der Waals surface area contributed by atoms with Crippen LogP contribution in [0.2, 0.25) is 0 Å². The predicted octanol–water partition coefficient (Wildman–Crippen LogP) is 2.08. The molecular weight excluding hydrogens is 348 g/mol. The normalized spacial score (nSPS) is 16.7. The summed E-state index contributed by atoms with van der Waals surface area (Å²) in [5.41, 5.74) is 8.12. The Balaban J connectivity index is 1.72. The zero-order valence-corrected chi connectivity index (χ0v) is 16.8. The van der Waals surface area contributed by atoms with Crippen LogP contribution in [0.15, 0.2) is 53.8 Å². The molecule has 5 nitrogen and oxygen atoms in total. The Morgan fingerprint density at radius 3 is 2.71 bits per heavy atom. The molecule has 0 amide bonds. The second-order valence-corrected chi connectivity index (χ2v) is 7.02. The summed E-state index contributed by atoms with van der Waals surface area (Å²) in [4.78, 5) is 5.39. The van der Waals surface area contributed by atoms with Crippen LogP contribution in [0.5, 0.6) is 0 Å². The summed E-state index contributed by atoms with van der Waals surface area (Å²) in [5, 5.41) is 9.65. The minimum atomic E-state index is 0.136. The Kier molecular flexibility index (Phi) is 7.09. The fraction of sp³-hybridized carbons (Fsp3) is 0.348. The number of oxime groups is 1. The van der Waals surface area contributed by atoms with Crippen LogP contribution in [0.1, 0.15) is 37.8 Å². The zero-order chi connectivity index (χ0) is 19.8. The molecular formula is C23H30N4O. The predicted molar refractivity (Wildman–Crippen MR) is 116 cm³/mol. The quantitative estimate of drug-likeness (QED) is 0.420. The molecule has 1 saturated heterocycles. The first-order chi connectivity index (χ1) is 13.7. The third-order valence-corrected chi connectivity index (χ3v) is 4.84. The van der Waals surface area contributed by atoms with Gasteiger partial charge in [-0.05, 0) is 36.3 Å². The molecule has 0 bridgehead atoms. The second-order valence-electron chi connectivity index (χ2n) is 7.02. The van der Waals surface area contributed by atoms with Crippen LogP contribution < -0.4 is 21.6 Å². The average Bonchev–Trinajstić information content (AvgIpc) is 3.06. The molecule has 1 aliphatic rings. The fourth-order valence-electron chi connectivity index (χ4n) is 3.00. The third kappa shape index (κ3) is 5.14. The maximum Gasteiger partial charge on any atom is 0.170 e. The Morgan fingerprint density at radius 1 is 1.29 bits per heavy atom. The zero-order valence-electron chi connectivity index (χ0n) is 16.8. The van der Waals surface area contributed by atoms with Gasteiger partial charge < -0.3 is 20.5 Å². The first-order valence-corrected chi connectivity index (χ1v) is 9.99. The van der Waals surface area contributed by atoms with Crippen molar-refractivity contribution in [2.24, 2.45) is 10.9 Å². The summed E-state index contributed by atoms with van der Waals surface area (Å²) >= 11 is 0. The molecule has 2 aromatic rings. The molecule has 148 valence electrons. The van der Waals surface area contributed by atoms with E-state index in [1.807, 2.05) is 12.1 Å². The van der Waals surface area contributed by atoms with Gasteiger partial charge in [-0.1, -0.05) is 61.0 Å². The molecule has 28 heavy (non-hydrogen) atoms. The van der Waals surface area contributed by atoms with Crippen LogP contribution in [0, 0.1) is 0 Å². The highest BCUT2D eigenvalue weighted by Gasteiger charge is 2.18. The third-order valence-electron chi connectivity index (χ3n) is 4.84.